The number of rotatable bonds is 2. The van der Waals surface area contributed by atoms with E-state index in [1.54, 1.807) is 12.3 Å². The van der Waals surface area contributed by atoms with Crippen LogP contribution in [0.25, 0.3) is 10.9 Å². The Hall–Kier alpha value is -2.01. The Kier molecular flexibility index (Phi) is 2.78. The maximum atomic E-state index is 11.1. The molecule has 0 saturated heterocycles. The molecule has 0 fully saturated rings. The monoisotopic (exact) mass is 218 g/mol. The standard InChI is InChI=1S/C11H10N2O3/c1-7(14)10(15)16-11-12-6-8-4-2-3-5-9(8)13-11/h2-7,14H,1H3. The molecule has 1 atom stereocenters. The molecular weight excluding hydrogens is 208 g/mol. The molecule has 1 aromatic heterocycles. The van der Waals surface area contributed by atoms with Crippen molar-refractivity contribution >= 4 is 16.9 Å². The summed E-state index contributed by atoms with van der Waals surface area (Å²) < 4.78 is 4.77. The number of benzene rings is 1. The molecule has 0 radical (unpaired) electrons. The lowest BCUT2D eigenvalue weighted by molar-refractivity contribution is -0.143. The third-order valence-electron chi connectivity index (χ3n) is 2.00. The van der Waals surface area contributed by atoms with E-state index in [0.29, 0.717) is 5.52 Å². The number of nitrogens with zero attached hydrogens (tertiary/aromatic N) is 2. The molecule has 1 N–H and O–H groups in total. The molecule has 5 nitrogen and oxygen atoms in total. The summed E-state index contributed by atoms with van der Waals surface area (Å²) in [5, 5.41) is 9.83. The van der Waals surface area contributed by atoms with Crippen LogP contribution in [0.2, 0.25) is 0 Å². The molecule has 0 aliphatic carbocycles. The second kappa shape index (κ2) is 4.24. The van der Waals surface area contributed by atoms with Crippen LogP contribution >= 0.6 is 0 Å². The Morgan fingerprint density at radius 2 is 2.19 bits per heavy atom. The molecule has 0 saturated carbocycles. The van der Waals surface area contributed by atoms with E-state index >= 15 is 0 Å². The second-order valence-electron chi connectivity index (χ2n) is 3.31. The first-order chi connectivity index (χ1) is 7.66. The Labute approximate surface area is 91.7 Å². The largest absolute Gasteiger partial charge is 0.389 e. The van der Waals surface area contributed by atoms with Crippen LogP contribution in [0.15, 0.2) is 30.5 Å². The molecule has 82 valence electrons. The van der Waals surface area contributed by atoms with Crippen LogP contribution in [0.4, 0.5) is 0 Å². The van der Waals surface area contributed by atoms with Crippen LogP contribution in [0.3, 0.4) is 0 Å². The Balaban J connectivity index is 2.29. The minimum atomic E-state index is -1.19. The topological polar surface area (TPSA) is 72.3 Å². The molecule has 0 bridgehead atoms. The molecule has 16 heavy (non-hydrogen) atoms. The summed E-state index contributed by atoms with van der Waals surface area (Å²) in [6.07, 6.45) is 0.377. The van der Waals surface area contributed by atoms with Crippen molar-refractivity contribution in [1.82, 2.24) is 9.97 Å². The van der Waals surface area contributed by atoms with E-state index in [4.69, 9.17) is 9.84 Å². The van der Waals surface area contributed by atoms with E-state index in [-0.39, 0.29) is 6.01 Å². The van der Waals surface area contributed by atoms with E-state index < -0.39 is 12.1 Å². The first kappa shape index (κ1) is 10.5. The highest BCUT2D eigenvalue weighted by atomic mass is 16.6. The second-order valence-corrected chi connectivity index (χ2v) is 3.31. The Bertz CT molecular complexity index is 525. The fourth-order valence-corrected chi connectivity index (χ4v) is 1.18. The van der Waals surface area contributed by atoms with Gasteiger partial charge in [-0.05, 0) is 13.0 Å². The van der Waals surface area contributed by atoms with Crippen molar-refractivity contribution in [2.24, 2.45) is 0 Å². The molecule has 0 spiro atoms. The number of para-hydroxylation sites is 1. The number of fused-ring (bicyclic) bond motifs is 1. The summed E-state index contributed by atoms with van der Waals surface area (Å²) in [6, 6.07) is 7.29. The fraction of sp³-hybridized carbons (Fsp3) is 0.182. The maximum absolute atomic E-state index is 11.1. The van der Waals surface area contributed by atoms with E-state index in [1.165, 1.54) is 6.92 Å². The van der Waals surface area contributed by atoms with Gasteiger partial charge < -0.3 is 9.84 Å². The number of carbonyl (C=O) groups excluding carboxylic acids is 1. The number of aliphatic hydroxyl groups excluding tert-OH is 1. The lowest BCUT2D eigenvalue weighted by atomic mass is 10.2. The van der Waals surface area contributed by atoms with Crippen molar-refractivity contribution in [2.45, 2.75) is 13.0 Å². The van der Waals surface area contributed by atoms with E-state index in [1.807, 2.05) is 18.2 Å². The SMILES string of the molecule is CC(O)C(=O)Oc1ncc2ccccc2n1. The number of aromatic nitrogens is 2. The van der Waals surface area contributed by atoms with Crippen molar-refractivity contribution in [3.63, 3.8) is 0 Å². The lowest BCUT2D eigenvalue weighted by Crippen LogP contribution is -2.23. The van der Waals surface area contributed by atoms with Gasteiger partial charge in [-0.25, -0.2) is 9.78 Å². The third-order valence-corrected chi connectivity index (χ3v) is 2.00. The molecule has 2 aromatic rings. The normalized spacial score (nSPS) is 12.4. The maximum Gasteiger partial charge on any atom is 0.342 e. The fourth-order valence-electron chi connectivity index (χ4n) is 1.18. The highest BCUT2D eigenvalue weighted by Crippen LogP contribution is 2.13. The van der Waals surface area contributed by atoms with E-state index in [9.17, 15) is 4.79 Å². The van der Waals surface area contributed by atoms with Crippen LogP contribution < -0.4 is 4.74 Å². The van der Waals surface area contributed by atoms with Gasteiger partial charge in [0.25, 0.3) is 0 Å². The van der Waals surface area contributed by atoms with Gasteiger partial charge in [-0.2, -0.15) is 4.98 Å². The molecular formula is C11H10N2O3. The molecule has 1 heterocycles. The quantitative estimate of drug-likeness (QED) is 0.759. The molecule has 1 unspecified atom stereocenters. The first-order valence-electron chi connectivity index (χ1n) is 4.78. The van der Waals surface area contributed by atoms with Gasteiger partial charge in [-0.1, -0.05) is 18.2 Å². The van der Waals surface area contributed by atoms with Crippen molar-refractivity contribution < 1.29 is 14.6 Å². The smallest absolute Gasteiger partial charge is 0.342 e. The van der Waals surface area contributed by atoms with E-state index in [0.717, 1.165) is 5.39 Å². The number of hydrogen-bond donors (Lipinski definition) is 1. The summed E-state index contributed by atoms with van der Waals surface area (Å²) in [4.78, 5) is 19.0. The number of esters is 1. The van der Waals surface area contributed by atoms with Gasteiger partial charge in [0.2, 0.25) is 0 Å². The molecule has 0 amide bonds. The summed E-state index contributed by atoms with van der Waals surface area (Å²) in [5.74, 6) is -0.768. The summed E-state index contributed by atoms with van der Waals surface area (Å²) >= 11 is 0. The van der Waals surface area contributed by atoms with Crippen LogP contribution in [0, 0.1) is 0 Å². The van der Waals surface area contributed by atoms with Crippen molar-refractivity contribution in [1.29, 1.82) is 0 Å². The highest BCUT2D eigenvalue weighted by molar-refractivity contribution is 5.79. The highest BCUT2D eigenvalue weighted by Gasteiger charge is 2.13. The first-order valence-corrected chi connectivity index (χ1v) is 4.78. The zero-order chi connectivity index (χ0) is 11.5. The van der Waals surface area contributed by atoms with E-state index in [2.05, 4.69) is 9.97 Å². The van der Waals surface area contributed by atoms with Crippen molar-refractivity contribution in [2.75, 3.05) is 0 Å². The molecule has 0 aliphatic heterocycles. The predicted octanol–water partition coefficient (Wildman–Crippen LogP) is 0.916. The van der Waals surface area contributed by atoms with Crippen LogP contribution in [-0.4, -0.2) is 27.1 Å². The molecule has 0 aliphatic rings. The molecule has 5 heteroatoms. The zero-order valence-corrected chi connectivity index (χ0v) is 8.62. The van der Waals surface area contributed by atoms with Gasteiger partial charge in [0.05, 0.1) is 5.52 Å². The number of hydrogen-bond acceptors (Lipinski definition) is 5. The number of carbonyl (C=O) groups is 1. The minimum absolute atomic E-state index is 0.0513. The predicted molar refractivity (Wildman–Crippen MR) is 56.9 cm³/mol. The molecule has 1 aromatic carbocycles. The van der Waals surface area contributed by atoms with Gasteiger partial charge in [-0.15, -0.1) is 0 Å². The third kappa shape index (κ3) is 2.14. The van der Waals surface area contributed by atoms with Crippen LogP contribution in [0.1, 0.15) is 6.92 Å². The summed E-state index contributed by atoms with van der Waals surface area (Å²) in [7, 11) is 0. The van der Waals surface area contributed by atoms with Gasteiger partial charge in [0.15, 0.2) is 0 Å². The summed E-state index contributed by atoms with van der Waals surface area (Å²) in [5.41, 5.74) is 0.686. The van der Waals surface area contributed by atoms with Crippen molar-refractivity contribution in [3.8, 4) is 6.01 Å². The Morgan fingerprint density at radius 3 is 2.94 bits per heavy atom. The van der Waals surface area contributed by atoms with Gasteiger partial charge in [0, 0.05) is 11.6 Å². The van der Waals surface area contributed by atoms with Gasteiger partial charge >= 0.3 is 12.0 Å². The average molecular weight is 218 g/mol. The Morgan fingerprint density at radius 1 is 1.44 bits per heavy atom. The minimum Gasteiger partial charge on any atom is -0.389 e. The summed E-state index contributed by atoms with van der Waals surface area (Å²) in [6.45, 7) is 1.32. The van der Waals surface area contributed by atoms with Crippen LogP contribution in [0.5, 0.6) is 6.01 Å². The van der Waals surface area contributed by atoms with Crippen molar-refractivity contribution in [3.05, 3.63) is 30.5 Å². The van der Waals surface area contributed by atoms with Gasteiger partial charge in [0.1, 0.15) is 6.10 Å². The zero-order valence-electron chi connectivity index (χ0n) is 8.62. The van der Waals surface area contributed by atoms with Crippen LogP contribution in [-0.2, 0) is 4.79 Å². The average Bonchev–Trinajstić information content (AvgIpc) is 2.28. The number of aliphatic hydroxyl groups is 1. The van der Waals surface area contributed by atoms with Gasteiger partial charge in [-0.3, -0.25) is 0 Å². The molecule has 2 rings (SSSR count). The lowest BCUT2D eigenvalue weighted by Gasteiger charge is -2.04. The number of ether oxygens (including phenoxy) is 1.